The van der Waals surface area contributed by atoms with Crippen LogP contribution in [0, 0.1) is 0 Å². The zero-order valence-corrected chi connectivity index (χ0v) is 10.2. The van der Waals surface area contributed by atoms with E-state index in [1.165, 1.54) is 30.4 Å². The van der Waals surface area contributed by atoms with Crippen molar-refractivity contribution in [3.05, 3.63) is 35.4 Å². The van der Waals surface area contributed by atoms with E-state index >= 15 is 0 Å². The van der Waals surface area contributed by atoms with Crippen molar-refractivity contribution in [3.8, 4) is 0 Å². The fourth-order valence-corrected chi connectivity index (χ4v) is 2.72. The summed E-state index contributed by atoms with van der Waals surface area (Å²) in [7, 11) is 0. The van der Waals surface area contributed by atoms with Crippen LogP contribution in [0.2, 0.25) is 0 Å². The molecule has 1 heteroatoms. The first kappa shape index (κ1) is 11.7. The van der Waals surface area contributed by atoms with Gasteiger partial charge in [-0.15, -0.1) is 0 Å². The standard InChI is InChI=1S/C15H22O/c1-2-5-12-8-10-13(11-9-12)14-6-3-4-7-15(14)16/h8-11,14-16H,2-7H2,1H3. The van der Waals surface area contributed by atoms with Crippen molar-refractivity contribution in [2.45, 2.75) is 57.5 Å². The van der Waals surface area contributed by atoms with Gasteiger partial charge < -0.3 is 5.11 Å². The van der Waals surface area contributed by atoms with E-state index in [1.807, 2.05) is 0 Å². The first-order chi connectivity index (χ1) is 7.81. The first-order valence-electron chi connectivity index (χ1n) is 6.58. The number of benzene rings is 1. The van der Waals surface area contributed by atoms with Crippen molar-refractivity contribution in [3.63, 3.8) is 0 Å². The fourth-order valence-electron chi connectivity index (χ4n) is 2.72. The SMILES string of the molecule is CCCc1ccc(C2CCCCC2O)cc1. The summed E-state index contributed by atoms with van der Waals surface area (Å²) in [6, 6.07) is 8.87. The summed E-state index contributed by atoms with van der Waals surface area (Å²) in [6.07, 6.45) is 6.81. The maximum absolute atomic E-state index is 10.00. The molecule has 1 aromatic rings. The first-order valence-corrected chi connectivity index (χ1v) is 6.58. The van der Waals surface area contributed by atoms with Gasteiger partial charge in [0.1, 0.15) is 0 Å². The number of aliphatic hydroxyl groups is 1. The predicted octanol–water partition coefficient (Wildman–Crippen LogP) is 3.66. The fraction of sp³-hybridized carbons (Fsp3) is 0.600. The number of hydrogen-bond donors (Lipinski definition) is 1. The molecule has 0 saturated heterocycles. The van der Waals surface area contributed by atoms with E-state index < -0.39 is 0 Å². The quantitative estimate of drug-likeness (QED) is 0.821. The van der Waals surface area contributed by atoms with E-state index in [0.717, 1.165) is 19.3 Å². The smallest absolute Gasteiger partial charge is 0.0608 e. The van der Waals surface area contributed by atoms with Crippen molar-refractivity contribution in [2.24, 2.45) is 0 Å². The molecule has 1 nitrogen and oxygen atoms in total. The summed E-state index contributed by atoms with van der Waals surface area (Å²) in [5.74, 6) is 0.379. The van der Waals surface area contributed by atoms with E-state index in [2.05, 4.69) is 31.2 Å². The number of aliphatic hydroxyl groups excluding tert-OH is 1. The Morgan fingerprint density at radius 2 is 1.81 bits per heavy atom. The van der Waals surface area contributed by atoms with E-state index in [1.54, 1.807) is 0 Å². The molecule has 0 bridgehead atoms. The van der Waals surface area contributed by atoms with Crippen LogP contribution in [0.15, 0.2) is 24.3 Å². The molecule has 2 rings (SSSR count). The molecule has 1 N–H and O–H groups in total. The largest absolute Gasteiger partial charge is 0.392 e. The molecule has 0 spiro atoms. The van der Waals surface area contributed by atoms with Crippen LogP contribution in [0.25, 0.3) is 0 Å². The molecule has 0 radical (unpaired) electrons. The Hall–Kier alpha value is -0.820. The maximum atomic E-state index is 10.00. The van der Waals surface area contributed by atoms with Gasteiger partial charge >= 0.3 is 0 Å². The van der Waals surface area contributed by atoms with Gasteiger partial charge in [-0.25, -0.2) is 0 Å². The van der Waals surface area contributed by atoms with E-state index in [9.17, 15) is 5.11 Å². The Balaban J connectivity index is 2.08. The molecule has 0 amide bonds. The van der Waals surface area contributed by atoms with Crippen LogP contribution in [0.3, 0.4) is 0 Å². The van der Waals surface area contributed by atoms with Gasteiger partial charge in [-0.2, -0.15) is 0 Å². The van der Waals surface area contributed by atoms with Crippen molar-refractivity contribution >= 4 is 0 Å². The average Bonchev–Trinajstić information content (AvgIpc) is 2.31. The topological polar surface area (TPSA) is 20.2 Å². The van der Waals surface area contributed by atoms with Gasteiger partial charge in [0.05, 0.1) is 6.10 Å². The van der Waals surface area contributed by atoms with Crippen molar-refractivity contribution in [2.75, 3.05) is 0 Å². The minimum Gasteiger partial charge on any atom is -0.392 e. The molecule has 1 fully saturated rings. The van der Waals surface area contributed by atoms with Gasteiger partial charge in [0.15, 0.2) is 0 Å². The van der Waals surface area contributed by atoms with E-state index in [0.29, 0.717) is 5.92 Å². The Morgan fingerprint density at radius 3 is 2.44 bits per heavy atom. The molecule has 2 unspecified atom stereocenters. The van der Waals surface area contributed by atoms with Crippen LogP contribution >= 0.6 is 0 Å². The van der Waals surface area contributed by atoms with Crippen LogP contribution in [-0.2, 0) is 6.42 Å². The highest BCUT2D eigenvalue weighted by Gasteiger charge is 2.24. The van der Waals surface area contributed by atoms with Crippen LogP contribution in [0.1, 0.15) is 56.1 Å². The van der Waals surface area contributed by atoms with Gasteiger partial charge in [-0.05, 0) is 30.4 Å². The molecule has 1 aliphatic carbocycles. The third-order valence-corrected chi connectivity index (χ3v) is 3.68. The third-order valence-electron chi connectivity index (χ3n) is 3.68. The molecule has 0 aromatic heterocycles. The summed E-state index contributed by atoms with van der Waals surface area (Å²) < 4.78 is 0. The Morgan fingerprint density at radius 1 is 1.12 bits per heavy atom. The molecule has 1 aliphatic rings. The molecule has 1 saturated carbocycles. The van der Waals surface area contributed by atoms with Gasteiger partial charge in [0, 0.05) is 5.92 Å². The average molecular weight is 218 g/mol. The summed E-state index contributed by atoms with van der Waals surface area (Å²) in [4.78, 5) is 0. The zero-order valence-electron chi connectivity index (χ0n) is 10.2. The summed E-state index contributed by atoms with van der Waals surface area (Å²) >= 11 is 0. The normalized spacial score (nSPS) is 25.6. The lowest BCUT2D eigenvalue weighted by Gasteiger charge is -2.28. The Labute approximate surface area is 98.5 Å². The Kier molecular flexibility index (Phi) is 4.00. The number of aryl methyl sites for hydroxylation is 1. The minimum absolute atomic E-state index is 0.120. The van der Waals surface area contributed by atoms with Gasteiger partial charge in [0.2, 0.25) is 0 Å². The van der Waals surface area contributed by atoms with E-state index in [-0.39, 0.29) is 6.10 Å². The lowest BCUT2D eigenvalue weighted by Crippen LogP contribution is -2.22. The monoisotopic (exact) mass is 218 g/mol. The molecule has 16 heavy (non-hydrogen) atoms. The van der Waals surface area contributed by atoms with Crippen LogP contribution in [-0.4, -0.2) is 11.2 Å². The van der Waals surface area contributed by atoms with Crippen LogP contribution < -0.4 is 0 Å². The second kappa shape index (κ2) is 5.49. The minimum atomic E-state index is -0.120. The predicted molar refractivity (Wildman–Crippen MR) is 67.7 cm³/mol. The highest BCUT2D eigenvalue weighted by molar-refractivity contribution is 5.26. The van der Waals surface area contributed by atoms with Crippen LogP contribution in [0.5, 0.6) is 0 Å². The maximum Gasteiger partial charge on any atom is 0.0608 e. The van der Waals surface area contributed by atoms with E-state index in [4.69, 9.17) is 0 Å². The Bertz CT molecular complexity index is 315. The molecule has 88 valence electrons. The van der Waals surface area contributed by atoms with Gasteiger partial charge in [0.25, 0.3) is 0 Å². The van der Waals surface area contributed by atoms with Crippen LogP contribution in [0.4, 0.5) is 0 Å². The van der Waals surface area contributed by atoms with Crippen molar-refractivity contribution in [1.82, 2.24) is 0 Å². The molecule has 0 aliphatic heterocycles. The van der Waals surface area contributed by atoms with Crippen molar-refractivity contribution < 1.29 is 5.11 Å². The highest BCUT2D eigenvalue weighted by Crippen LogP contribution is 2.33. The zero-order chi connectivity index (χ0) is 11.4. The third kappa shape index (κ3) is 2.65. The molecule has 2 atom stereocenters. The number of hydrogen-bond acceptors (Lipinski definition) is 1. The second-order valence-corrected chi connectivity index (χ2v) is 4.95. The summed E-state index contributed by atoms with van der Waals surface area (Å²) in [6.45, 7) is 2.21. The van der Waals surface area contributed by atoms with Crippen molar-refractivity contribution in [1.29, 1.82) is 0 Å². The summed E-state index contributed by atoms with van der Waals surface area (Å²) in [5, 5.41) is 10.00. The van der Waals surface area contributed by atoms with Gasteiger partial charge in [-0.3, -0.25) is 0 Å². The lowest BCUT2D eigenvalue weighted by atomic mass is 9.81. The highest BCUT2D eigenvalue weighted by atomic mass is 16.3. The number of rotatable bonds is 3. The molecular formula is C15H22O. The molecular weight excluding hydrogens is 196 g/mol. The lowest BCUT2D eigenvalue weighted by molar-refractivity contribution is 0.106. The molecule has 0 heterocycles. The second-order valence-electron chi connectivity index (χ2n) is 4.95. The summed E-state index contributed by atoms with van der Waals surface area (Å²) in [5.41, 5.74) is 2.74. The van der Waals surface area contributed by atoms with Gasteiger partial charge in [-0.1, -0.05) is 50.5 Å². The molecule has 1 aromatic carbocycles.